The minimum Gasteiger partial charge on any atom is -0.312 e. The molecule has 0 fully saturated rings. The number of carbonyl (C=O) groups excluding carboxylic acids is 1. The van der Waals surface area contributed by atoms with E-state index < -0.39 is 0 Å². The van der Waals surface area contributed by atoms with Crippen LogP contribution in [0.2, 0.25) is 0 Å². The molecule has 96 valence electrons. The van der Waals surface area contributed by atoms with Gasteiger partial charge in [0.15, 0.2) is 0 Å². The minimum absolute atomic E-state index is 0.141. The molecule has 0 aliphatic carbocycles. The van der Waals surface area contributed by atoms with Crippen LogP contribution in [0, 0.1) is 11.3 Å². The lowest BCUT2D eigenvalue weighted by atomic mass is 10.1. The van der Waals surface area contributed by atoms with E-state index in [4.69, 9.17) is 0 Å². The largest absolute Gasteiger partial charge is 0.312 e. The molecular formula is C13H11N3OS2. The zero-order valence-electron chi connectivity index (χ0n) is 10.0. The van der Waals surface area contributed by atoms with Crippen molar-refractivity contribution in [1.29, 1.82) is 5.26 Å². The fourth-order valence-electron chi connectivity index (χ4n) is 2.11. The topological polar surface area (TPSA) is 64.9 Å². The zero-order valence-corrected chi connectivity index (χ0v) is 11.7. The lowest BCUT2D eigenvalue weighted by Gasteiger charge is -2.11. The second-order valence-corrected chi connectivity index (χ2v) is 6.23. The van der Waals surface area contributed by atoms with Crippen LogP contribution in [0.25, 0.3) is 0 Å². The Hall–Kier alpha value is -1.68. The van der Waals surface area contributed by atoms with Crippen LogP contribution in [0.5, 0.6) is 0 Å². The number of nitrogens with zero attached hydrogens (tertiary/aromatic N) is 1. The molecule has 0 bridgehead atoms. The number of fused-ring (bicyclic) bond motifs is 1. The van der Waals surface area contributed by atoms with Gasteiger partial charge < -0.3 is 10.6 Å². The summed E-state index contributed by atoms with van der Waals surface area (Å²) in [5.41, 5.74) is 1.72. The summed E-state index contributed by atoms with van der Waals surface area (Å²) in [6.45, 7) is 1.67. The van der Waals surface area contributed by atoms with Crippen LogP contribution >= 0.6 is 22.7 Å². The van der Waals surface area contributed by atoms with E-state index in [0.717, 1.165) is 30.0 Å². The molecule has 0 atom stereocenters. The summed E-state index contributed by atoms with van der Waals surface area (Å²) in [5, 5.41) is 18.0. The first kappa shape index (κ1) is 12.4. The highest BCUT2D eigenvalue weighted by molar-refractivity contribution is 7.17. The summed E-state index contributed by atoms with van der Waals surface area (Å²) in [7, 11) is 0. The average Bonchev–Trinajstić information content (AvgIpc) is 3.05. The van der Waals surface area contributed by atoms with Gasteiger partial charge in [-0.15, -0.1) is 22.7 Å². The summed E-state index contributed by atoms with van der Waals surface area (Å²) in [5.74, 6) is -0.141. The molecule has 1 amide bonds. The van der Waals surface area contributed by atoms with Crippen molar-refractivity contribution < 1.29 is 4.79 Å². The van der Waals surface area contributed by atoms with Crippen LogP contribution in [-0.2, 0) is 13.0 Å². The van der Waals surface area contributed by atoms with E-state index in [9.17, 15) is 10.1 Å². The molecule has 19 heavy (non-hydrogen) atoms. The van der Waals surface area contributed by atoms with Gasteiger partial charge in [-0.25, -0.2) is 0 Å². The van der Waals surface area contributed by atoms with Crippen LogP contribution in [0.4, 0.5) is 5.00 Å². The number of amides is 1. The summed E-state index contributed by atoms with van der Waals surface area (Å²) in [6, 6.07) is 5.85. The number of hydrogen-bond acceptors (Lipinski definition) is 5. The minimum atomic E-state index is -0.141. The van der Waals surface area contributed by atoms with Crippen LogP contribution in [0.3, 0.4) is 0 Å². The third kappa shape index (κ3) is 2.28. The molecule has 3 heterocycles. The fourth-order valence-corrected chi connectivity index (χ4v) is 3.90. The van der Waals surface area contributed by atoms with Crippen molar-refractivity contribution in [2.24, 2.45) is 0 Å². The Morgan fingerprint density at radius 3 is 3.16 bits per heavy atom. The monoisotopic (exact) mass is 289 g/mol. The maximum absolute atomic E-state index is 12.0. The number of nitriles is 1. The number of nitrogens with one attached hydrogen (secondary N) is 2. The molecule has 2 aromatic heterocycles. The standard InChI is InChI=1S/C13H11N3OS2/c14-6-9-8-3-4-15-7-11(8)19-13(9)16-12(17)10-2-1-5-18-10/h1-2,5,15H,3-4,7H2,(H,16,17). The first-order valence-electron chi connectivity index (χ1n) is 5.90. The highest BCUT2D eigenvalue weighted by Gasteiger charge is 2.22. The van der Waals surface area contributed by atoms with E-state index >= 15 is 0 Å². The van der Waals surface area contributed by atoms with Gasteiger partial charge >= 0.3 is 0 Å². The second kappa shape index (κ2) is 5.13. The van der Waals surface area contributed by atoms with Crippen molar-refractivity contribution in [3.63, 3.8) is 0 Å². The Bertz CT molecular complexity index is 652. The molecule has 3 rings (SSSR count). The summed E-state index contributed by atoms with van der Waals surface area (Å²) in [6.07, 6.45) is 0.851. The van der Waals surface area contributed by atoms with Crippen molar-refractivity contribution in [3.05, 3.63) is 38.4 Å². The van der Waals surface area contributed by atoms with E-state index in [2.05, 4.69) is 16.7 Å². The van der Waals surface area contributed by atoms with Gasteiger partial charge in [0.2, 0.25) is 0 Å². The highest BCUT2D eigenvalue weighted by Crippen LogP contribution is 2.35. The molecule has 0 unspecified atom stereocenters. The number of rotatable bonds is 2. The molecule has 0 saturated carbocycles. The Morgan fingerprint density at radius 2 is 2.42 bits per heavy atom. The van der Waals surface area contributed by atoms with Gasteiger partial charge in [0.05, 0.1) is 10.4 Å². The van der Waals surface area contributed by atoms with Crippen molar-refractivity contribution in [2.75, 3.05) is 11.9 Å². The molecule has 6 heteroatoms. The van der Waals surface area contributed by atoms with Crippen LogP contribution in [-0.4, -0.2) is 12.5 Å². The number of carbonyl (C=O) groups is 1. The van der Waals surface area contributed by atoms with Crippen LogP contribution in [0.1, 0.15) is 25.7 Å². The lowest BCUT2D eigenvalue weighted by molar-refractivity contribution is 0.103. The summed E-state index contributed by atoms with van der Waals surface area (Å²) in [4.78, 5) is 13.9. The summed E-state index contributed by atoms with van der Waals surface area (Å²) >= 11 is 2.90. The highest BCUT2D eigenvalue weighted by atomic mass is 32.1. The Labute approximate surface area is 118 Å². The first-order chi connectivity index (χ1) is 9.29. The van der Waals surface area contributed by atoms with Crippen LogP contribution in [0.15, 0.2) is 17.5 Å². The van der Waals surface area contributed by atoms with Crippen molar-refractivity contribution in [2.45, 2.75) is 13.0 Å². The Balaban J connectivity index is 1.91. The van der Waals surface area contributed by atoms with Gasteiger partial charge in [0, 0.05) is 11.4 Å². The van der Waals surface area contributed by atoms with E-state index in [1.165, 1.54) is 22.7 Å². The summed E-state index contributed by atoms with van der Waals surface area (Å²) < 4.78 is 0. The van der Waals surface area contributed by atoms with Crippen LogP contribution < -0.4 is 10.6 Å². The van der Waals surface area contributed by atoms with E-state index in [0.29, 0.717) is 15.4 Å². The van der Waals surface area contributed by atoms with E-state index in [1.54, 1.807) is 6.07 Å². The zero-order chi connectivity index (χ0) is 13.2. The van der Waals surface area contributed by atoms with Crippen molar-refractivity contribution in [1.82, 2.24) is 5.32 Å². The van der Waals surface area contributed by atoms with E-state index in [1.807, 2.05) is 11.4 Å². The quantitative estimate of drug-likeness (QED) is 0.893. The molecule has 2 aromatic rings. The maximum atomic E-state index is 12.0. The normalized spacial score (nSPS) is 13.6. The van der Waals surface area contributed by atoms with Gasteiger partial charge in [-0.2, -0.15) is 5.26 Å². The molecular weight excluding hydrogens is 278 g/mol. The lowest BCUT2D eigenvalue weighted by Crippen LogP contribution is -2.22. The molecule has 0 spiro atoms. The third-order valence-corrected chi connectivity index (χ3v) is 5.03. The average molecular weight is 289 g/mol. The molecule has 0 saturated heterocycles. The number of anilines is 1. The van der Waals surface area contributed by atoms with Crippen molar-refractivity contribution in [3.8, 4) is 6.07 Å². The smallest absolute Gasteiger partial charge is 0.266 e. The van der Waals surface area contributed by atoms with Gasteiger partial charge in [-0.3, -0.25) is 4.79 Å². The number of thiophene rings is 2. The number of hydrogen-bond donors (Lipinski definition) is 2. The molecule has 0 radical (unpaired) electrons. The molecule has 4 nitrogen and oxygen atoms in total. The molecule has 1 aliphatic rings. The molecule has 0 aromatic carbocycles. The first-order valence-corrected chi connectivity index (χ1v) is 7.59. The third-order valence-electron chi connectivity index (χ3n) is 3.01. The molecule has 2 N–H and O–H groups in total. The maximum Gasteiger partial charge on any atom is 0.266 e. The van der Waals surface area contributed by atoms with Gasteiger partial charge in [-0.05, 0) is 30.0 Å². The van der Waals surface area contributed by atoms with E-state index in [-0.39, 0.29) is 5.91 Å². The van der Waals surface area contributed by atoms with Crippen molar-refractivity contribution >= 4 is 33.6 Å². The second-order valence-electron chi connectivity index (χ2n) is 4.18. The Morgan fingerprint density at radius 1 is 1.53 bits per heavy atom. The fraction of sp³-hybridized carbons (Fsp3) is 0.231. The predicted octanol–water partition coefficient (Wildman–Crippen LogP) is 2.58. The van der Waals surface area contributed by atoms with Gasteiger partial charge in [0.25, 0.3) is 5.91 Å². The Kier molecular flexibility index (Phi) is 3.34. The van der Waals surface area contributed by atoms with Gasteiger partial charge in [-0.1, -0.05) is 6.07 Å². The molecule has 1 aliphatic heterocycles. The SMILES string of the molecule is N#Cc1c(NC(=O)c2cccs2)sc2c1CCNC2. The van der Waals surface area contributed by atoms with Gasteiger partial charge in [0.1, 0.15) is 11.1 Å². The predicted molar refractivity (Wildman–Crippen MR) is 76.7 cm³/mol.